The molecule has 1 saturated heterocycles. The lowest BCUT2D eigenvalue weighted by atomic mass is 9.41. The molecule has 6 aliphatic rings. The molecule has 6 rings (SSSR count). The third-order valence-electron chi connectivity index (χ3n) is 13.4. The minimum absolute atomic E-state index is 0.00872. The second-order valence-electron chi connectivity index (χ2n) is 14.6. The monoisotopic (exact) mass is 473 g/mol. The Morgan fingerprint density at radius 3 is 2.38 bits per heavy atom. The van der Waals surface area contributed by atoms with Gasteiger partial charge in [0.25, 0.3) is 0 Å². The highest BCUT2D eigenvalue weighted by Crippen LogP contribution is 2.89. The van der Waals surface area contributed by atoms with Crippen LogP contribution in [0.5, 0.6) is 0 Å². The first-order valence-electron chi connectivity index (χ1n) is 14.1. The van der Waals surface area contributed by atoms with Crippen LogP contribution in [-0.2, 0) is 9.53 Å². The summed E-state index contributed by atoms with van der Waals surface area (Å²) in [5.41, 5.74) is 0.634. The summed E-state index contributed by atoms with van der Waals surface area (Å²) in [6, 6.07) is 0. The van der Waals surface area contributed by atoms with Gasteiger partial charge in [-0.1, -0.05) is 34.6 Å². The zero-order valence-corrected chi connectivity index (χ0v) is 22.2. The van der Waals surface area contributed by atoms with Crippen molar-refractivity contribution in [3.8, 4) is 0 Å². The van der Waals surface area contributed by atoms with Gasteiger partial charge in [0.15, 0.2) is 0 Å². The Bertz CT molecular complexity index is 889. The Morgan fingerprint density at radius 1 is 1.00 bits per heavy atom. The average molecular weight is 474 g/mol. The van der Waals surface area contributed by atoms with Crippen molar-refractivity contribution in [3.63, 3.8) is 0 Å². The van der Waals surface area contributed by atoms with Crippen molar-refractivity contribution in [2.75, 3.05) is 6.54 Å². The summed E-state index contributed by atoms with van der Waals surface area (Å²) in [6.07, 6.45) is 8.40. The highest BCUT2D eigenvalue weighted by molar-refractivity contribution is 5.72. The lowest BCUT2D eigenvalue weighted by Gasteiger charge is -2.63. The van der Waals surface area contributed by atoms with Crippen LogP contribution in [0.4, 0.5) is 0 Å². The summed E-state index contributed by atoms with van der Waals surface area (Å²) in [5, 5.41) is 25.9. The van der Waals surface area contributed by atoms with Crippen LogP contribution in [0.2, 0.25) is 0 Å². The minimum Gasteiger partial charge on any atom is -0.393 e. The van der Waals surface area contributed by atoms with E-state index in [-0.39, 0.29) is 40.5 Å². The Balaban J connectivity index is 1.34. The number of nitrogens with one attached hydrogen (secondary N) is 1. The van der Waals surface area contributed by atoms with Gasteiger partial charge in [-0.2, -0.15) is 0 Å². The fourth-order valence-corrected chi connectivity index (χ4v) is 11.8. The number of ether oxygens (including phenoxy) is 1. The molecule has 5 saturated carbocycles. The first kappa shape index (κ1) is 23.7. The molecule has 0 bridgehead atoms. The van der Waals surface area contributed by atoms with Gasteiger partial charge in [-0.25, -0.2) is 0 Å². The molecule has 5 aliphatic carbocycles. The van der Waals surface area contributed by atoms with E-state index in [1.807, 2.05) is 0 Å². The molecule has 3 unspecified atom stereocenters. The number of aliphatic hydroxyl groups is 2. The Labute approximate surface area is 205 Å². The predicted octanol–water partition coefficient (Wildman–Crippen LogP) is 4.30. The van der Waals surface area contributed by atoms with Crippen molar-refractivity contribution in [1.29, 1.82) is 0 Å². The van der Waals surface area contributed by atoms with Crippen LogP contribution in [0.1, 0.15) is 92.9 Å². The highest BCUT2D eigenvalue weighted by Gasteiger charge is 2.84. The van der Waals surface area contributed by atoms with Gasteiger partial charge in [-0.15, -0.1) is 0 Å². The van der Waals surface area contributed by atoms with Gasteiger partial charge in [-0.05, 0) is 96.7 Å². The molecular formula is C29H47NO4. The zero-order valence-electron chi connectivity index (χ0n) is 22.2. The van der Waals surface area contributed by atoms with Gasteiger partial charge in [0.2, 0.25) is 5.91 Å². The second-order valence-corrected chi connectivity index (χ2v) is 14.6. The highest BCUT2D eigenvalue weighted by atomic mass is 16.5. The lowest BCUT2D eigenvalue weighted by molar-refractivity contribution is -0.182. The molecule has 0 radical (unpaired) electrons. The summed E-state index contributed by atoms with van der Waals surface area (Å²) < 4.78 is 6.65. The number of aliphatic hydroxyl groups excluding tert-OH is 2. The van der Waals surface area contributed by atoms with E-state index in [2.05, 4.69) is 39.9 Å². The van der Waals surface area contributed by atoms with Crippen molar-refractivity contribution in [3.05, 3.63) is 0 Å². The maximum absolute atomic E-state index is 12.1. The normalized spacial score (nSPS) is 59.1. The van der Waals surface area contributed by atoms with Gasteiger partial charge >= 0.3 is 0 Å². The SMILES string of the molecule is CC(=O)NCC1C[C@@H](C)[C@H]2C(O1)[C@H](O)[C@@]1(C)C3CC[C@H]4C(C)(C)[C@@H](O)CC[C@@]45C[C@@]35CC[C@]21C. The van der Waals surface area contributed by atoms with Gasteiger partial charge in [0.05, 0.1) is 24.4 Å². The van der Waals surface area contributed by atoms with Crippen molar-refractivity contribution in [2.45, 2.75) is 117 Å². The molecule has 1 aliphatic heterocycles. The Hall–Kier alpha value is -0.650. The molecule has 5 heteroatoms. The molecule has 2 spiro atoms. The molecule has 12 atom stereocenters. The van der Waals surface area contributed by atoms with Crippen LogP contribution in [0.25, 0.3) is 0 Å². The van der Waals surface area contributed by atoms with Crippen LogP contribution < -0.4 is 5.32 Å². The van der Waals surface area contributed by atoms with Gasteiger partial charge < -0.3 is 20.3 Å². The molecule has 5 nitrogen and oxygen atoms in total. The van der Waals surface area contributed by atoms with Crippen molar-refractivity contribution in [2.24, 2.45) is 50.7 Å². The molecule has 0 aromatic heterocycles. The average Bonchev–Trinajstić information content (AvgIpc) is 3.40. The number of carbonyl (C=O) groups is 1. The summed E-state index contributed by atoms with van der Waals surface area (Å²) in [7, 11) is 0. The van der Waals surface area contributed by atoms with E-state index in [1.54, 1.807) is 6.92 Å². The zero-order chi connectivity index (χ0) is 24.5. The Kier molecular flexibility index (Phi) is 4.89. The summed E-state index contributed by atoms with van der Waals surface area (Å²) >= 11 is 0. The van der Waals surface area contributed by atoms with Crippen LogP contribution in [0.15, 0.2) is 0 Å². The van der Waals surface area contributed by atoms with E-state index in [4.69, 9.17) is 4.74 Å². The van der Waals surface area contributed by atoms with E-state index in [0.29, 0.717) is 41.0 Å². The maximum Gasteiger partial charge on any atom is 0.216 e. The standard InChI is InChI=1S/C29H47NO4/c1-16-13-18(14-30-17(2)31)34-23-22(16)26(5)11-12-29-15-28(29)10-9-21(32)25(3,4)19(28)7-8-20(29)27(26,6)24(23)33/h16,18-24,32-33H,7-15H2,1-6H3,(H,30,31)/t16-,18?,19+,20?,21+,22+,23?,24+,26-,27-,28-,29+/m1/s1. The molecule has 1 amide bonds. The van der Waals surface area contributed by atoms with E-state index in [0.717, 1.165) is 12.8 Å². The lowest BCUT2D eigenvalue weighted by Crippen LogP contribution is -2.59. The van der Waals surface area contributed by atoms with Crippen LogP contribution in [0, 0.1) is 50.7 Å². The smallest absolute Gasteiger partial charge is 0.216 e. The van der Waals surface area contributed by atoms with Gasteiger partial charge in [0, 0.05) is 18.9 Å². The minimum atomic E-state index is -0.455. The molecule has 1 heterocycles. The van der Waals surface area contributed by atoms with E-state index in [9.17, 15) is 15.0 Å². The number of carbonyl (C=O) groups excluding carboxylic acids is 1. The maximum atomic E-state index is 12.1. The molecule has 3 N–H and O–H groups in total. The predicted molar refractivity (Wildman–Crippen MR) is 131 cm³/mol. The molecule has 6 fully saturated rings. The summed E-state index contributed by atoms with van der Waals surface area (Å²) in [6.45, 7) is 14.0. The van der Waals surface area contributed by atoms with Crippen molar-refractivity contribution in [1.82, 2.24) is 5.32 Å². The third-order valence-corrected chi connectivity index (χ3v) is 13.4. The number of hydrogen-bond donors (Lipinski definition) is 3. The van der Waals surface area contributed by atoms with Crippen molar-refractivity contribution >= 4 is 5.91 Å². The fraction of sp³-hybridized carbons (Fsp3) is 0.966. The topological polar surface area (TPSA) is 78.8 Å². The molecule has 34 heavy (non-hydrogen) atoms. The largest absolute Gasteiger partial charge is 0.393 e. The van der Waals surface area contributed by atoms with E-state index < -0.39 is 6.10 Å². The second kappa shape index (κ2) is 7.01. The first-order valence-corrected chi connectivity index (χ1v) is 14.1. The summed E-state index contributed by atoms with van der Waals surface area (Å²) in [5.74, 6) is 1.96. The number of fused-ring (bicyclic) bond motifs is 4. The van der Waals surface area contributed by atoms with Crippen LogP contribution in [0.3, 0.4) is 0 Å². The molecule has 0 aromatic rings. The Morgan fingerprint density at radius 2 is 1.68 bits per heavy atom. The van der Waals surface area contributed by atoms with Gasteiger partial charge in [-0.3, -0.25) is 4.79 Å². The number of amides is 1. The van der Waals surface area contributed by atoms with E-state index in [1.165, 1.54) is 38.5 Å². The molecule has 192 valence electrons. The molecule has 0 aromatic carbocycles. The number of hydrogen-bond acceptors (Lipinski definition) is 4. The molecular weight excluding hydrogens is 426 g/mol. The number of rotatable bonds is 2. The third kappa shape index (κ3) is 2.55. The quantitative estimate of drug-likeness (QED) is 0.559. The van der Waals surface area contributed by atoms with Crippen LogP contribution in [-0.4, -0.2) is 47.1 Å². The first-order chi connectivity index (χ1) is 15.8. The van der Waals surface area contributed by atoms with Crippen LogP contribution >= 0.6 is 0 Å². The summed E-state index contributed by atoms with van der Waals surface area (Å²) in [4.78, 5) is 11.5. The van der Waals surface area contributed by atoms with E-state index >= 15 is 0 Å². The van der Waals surface area contributed by atoms with Gasteiger partial charge in [0.1, 0.15) is 0 Å². The fourth-order valence-electron chi connectivity index (χ4n) is 11.8. The van der Waals surface area contributed by atoms with Crippen molar-refractivity contribution < 1.29 is 19.7 Å².